The van der Waals surface area contributed by atoms with Crippen LogP contribution in [0.5, 0.6) is 0 Å². The molecule has 1 heterocycles. The first-order valence-electron chi connectivity index (χ1n) is 8.48. The number of hydrogen-bond donors (Lipinski definition) is 2. The highest BCUT2D eigenvalue weighted by Crippen LogP contribution is 2.26. The molecule has 132 valence electrons. The molecule has 0 bridgehead atoms. The maximum absolute atomic E-state index is 12.8. The van der Waals surface area contributed by atoms with E-state index < -0.39 is 5.54 Å². The van der Waals surface area contributed by atoms with Crippen molar-refractivity contribution < 1.29 is 9.59 Å². The molecule has 0 spiro atoms. The summed E-state index contributed by atoms with van der Waals surface area (Å²) >= 11 is 3.39. The summed E-state index contributed by atoms with van der Waals surface area (Å²) in [6, 6.07) is 7.51. The number of nitrogens with two attached hydrogens (primary N) is 1. The van der Waals surface area contributed by atoms with Crippen LogP contribution in [-0.2, 0) is 15.1 Å². The van der Waals surface area contributed by atoms with E-state index in [-0.39, 0.29) is 17.7 Å². The quantitative estimate of drug-likeness (QED) is 0.803. The predicted octanol–water partition coefficient (Wildman–Crippen LogP) is 2.39. The molecule has 0 saturated carbocycles. The van der Waals surface area contributed by atoms with Gasteiger partial charge in [-0.3, -0.25) is 9.59 Å². The van der Waals surface area contributed by atoms with Crippen LogP contribution < -0.4 is 11.1 Å². The van der Waals surface area contributed by atoms with E-state index in [0.29, 0.717) is 32.5 Å². The number of nitrogens with one attached hydrogen (secondary N) is 1. The monoisotopic (exact) mass is 395 g/mol. The predicted molar refractivity (Wildman–Crippen MR) is 98.3 cm³/mol. The normalized spacial score (nSPS) is 18.1. The minimum Gasteiger partial charge on any atom is -0.356 e. The van der Waals surface area contributed by atoms with Gasteiger partial charge in [-0.2, -0.15) is 0 Å². The lowest BCUT2D eigenvalue weighted by Gasteiger charge is -2.36. The lowest BCUT2D eigenvalue weighted by atomic mass is 9.89. The number of benzene rings is 1. The van der Waals surface area contributed by atoms with Crippen molar-refractivity contribution >= 4 is 27.7 Å². The fourth-order valence-corrected chi connectivity index (χ4v) is 3.25. The summed E-state index contributed by atoms with van der Waals surface area (Å²) < 4.78 is 0.952. The summed E-state index contributed by atoms with van der Waals surface area (Å²) in [5.74, 6) is 0.0157. The molecule has 1 aliphatic heterocycles. The second-order valence-corrected chi connectivity index (χ2v) is 7.48. The molecule has 1 saturated heterocycles. The van der Waals surface area contributed by atoms with Crippen LogP contribution in [-0.4, -0.2) is 36.3 Å². The summed E-state index contributed by atoms with van der Waals surface area (Å²) in [6.07, 6.45) is 2.32. The zero-order valence-electron chi connectivity index (χ0n) is 14.3. The molecule has 0 radical (unpaired) electrons. The van der Waals surface area contributed by atoms with E-state index in [4.69, 9.17) is 5.73 Å². The van der Waals surface area contributed by atoms with Crippen molar-refractivity contribution in [3.8, 4) is 0 Å². The van der Waals surface area contributed by atoms with Gasteiger partial charge in [-0.1, -0.05) is 35.0 Å². The van der Waals surface area contributed by atoms with E-state index >= 15 is 0 Å². The molecule has 6 heteroatoms. The highest BCUT2D eigenvalue weighted by Gasteiger charge is 2.37. The van der Waals surface area contributed by atoms with Gasteiger partial charge in [0.1, 0.15) is 5.54 Å². The minimum atomic E-state index is -1.06. The topological polar surface area (TPSA) is 75.4 Å². The molecule has 1 unspecified atom stereocenters. The summed E-state index contributed by atoms with van der Waals surface area (Å²) in [7, 11) is 0. The molecule has 1 fully saturated rings. The van der Waals surface area contributed by atoms with Gasteiger partial charge in [-0.25, -0.2) is 0 Å². The summed E-state index contributed by atoms with van der Waals surface area (Å²) in [4.78, 5) is 26.7. The zero-order valence-corrected chi connectivity index (χ0v) is 15.9. The molecule has 0 aromatic heterocycles. The van der Waals surface area contributed by atoms with Crippen molar-refractivity contribution in [1.29, 1.82) is 0 Å². The number of rotatable bonds is 5. The third-order valence-electron chi connectivity index (χ3n) is 4.59. The maximum atomic E-state index is 12.8. The number of hydrogen-bond acceptors (Lipinski definition) is 3. The van der Waals surface area contributed by atoms with Gasteiger partial charge in [0, 0.05) is 30.0 Å². The smallest absolute Gasteiger partial charge is 0.246 e. The SMILES string of the molecule is CCCNC(=O)C1CCN(C(=O)C(C)(N)c2ccc(Br)cc2)CC1. The standard InChI is InChI=1S/C18H26BrN3O2/c1-3-10-21-16(23)13-8-11-22(12-9-13)17(24)18(2,20)14-4-6-15(19)7-5-14/h4-7,13H,3,8-12,20H2,1-2H3,(H,21,23). The first kappa shape index (κ1) is 18.9. The van der Waals surface area contributed by atoms with Crippen LogP contribution >= 0.6 is 15.9 Å². The van der Waals surface area contributed by atoms with Crippen LogP contribution in [0.3, 0.4) is 0 Å². The Hall–Kier alpha value is -1.40. The molecule has 1 aliphatic rings. The van der Waals surface area contributed by atoms with E-state index in [1.54, 1.807) is 11.8 Å². The van der Waals surface area contributed by atoms with E-state index in [9.17, 15) is 9.59 Å². The van der Waals surface area contributed by atoms with E-state index in [1.807, 2.05) is 31.2 Å². The molecule has 2 rings (SSSR count). The third-order valence-corrected chi connectivity index (χ3v) is 5.12. The fourth-order valence-electron chi connectivity index (χ4n) is 2.99. The molecule has 1 aromatic rings. The average Bonchev–Trinajstić information content (AvgIpc) is 2.59. The summed E-state index contributed by atoms with van der Waals surface area (Å²) in [5, 5.41) is 2.94. The number of carbonyl (C=O) groups is 2. The van der Waals surface area contributed by atoms with E-state index in [2.05, 4.69) is 21.2 Å². The Morgan fingerprint density at radius 3 is 2.42 bits per heavy atom. The Kier molecular flexibility index (Phi) is 6.40. The van der Waals surface area contributed by atoms with Gasteiger partial charge in [0.2, 0.25) is 11.8 Å². The van der Waals surface area contributed by atoms with Crippen LogP contribution in [0.15, 0.2) is 28.7 Å². The van der Waals surface area contributed by atoms with Gasteiger partial charge in [0.05, 0.1) is 0 Å². The summed E-state index contributed by atoms with van der Waals surface area (Å²) in [5.41, 5.74) is 6.07. The molecule has 1 aromatic carbocycles. The second-order valence-electron chi connectivity index (χ2n) is 6.57. The number of likely N-dealkylation sites (tertiary alicyclic amines) is 1. The van der Waals surface area contributed by atoms with Gasteiger partial charge < -0.3 is 16.0 Å². The maximum Gasteiger partial charge on any atom is 0.246 e. The van der Waals surface area contributed by atoms with Crippen LogP contribution in [0.1, 0.15) is 38.7 Å². The molecule has 2 amide bonds. The Morgan fingerprint density at radius 2 is 1.88 bits per heavy atom. The molecule has 0 aliphatic carbocycles. The van der Waals surface area contributed by atoms with Gasteiger partial charge >= 0.3 is 0 Å². The van der Waals surface area contributed by atoms with E-state index in [0.717, 1.165) is 16.5 Å². The van der Waals surface area contributed by atoms with Gasteiger partial charge in [-0.05, 0) is 43.9 Å². The Balaban J connectivity index is 1.96. The van der Waals surface area contributed by atoms with Gasteiger partial charge in [0.15, 0.2) is 0 Å². The van der Waals surface area contributed by atoms with Crippen LogP contribution in [0.25, 0.3) is 0 Å². The van der Waals surface area contributed by atoms with Crippen molar-refractivity contribution in [2.75, 3.05) is 19.6 Å². The Bertz CT molecular complexity index is 578. The average molecular weight is 396 g/mol. The largest absolute Gasteiger partial charge is 0.356 e. The second kappa shape index (κ2) is 8.12. The number of nitrogens with zero attached hydrogens (tertiary/aromatic N) is 1. The molecule has 1 atom stereocenters. The van der Waals surface area contributed by atoms with Crippen LogP contribution in [0, 0.1) is 5.92 Å². The lowest BCUT2D eigenvalue weighted by Crippen LogP contribution is -2.53. The highest BCUT2D eigenvalue weighted by molar-refractivity contribution is 9.10. The lowest BCUT2D eigenvalue weighted by molar-refractivity contribution is -0.140. The first-order valence-corrected chi connectivity index (χ1v) is 9.27. The molecule has 24 heavy (non-hydrogen) atoms. The zero-order chi connectivity index (χ0) is 17.7. The van der Waals surface area contributed by atoms with Crippen LogP contribution in [0.2, 0.25) is 0 Å². The first-order chi connectivity index (χ1) is 11.4. The highest BCUT2D eigenvalue weighted by atomic mass is 79.9. The van der Waals surface area contributed by atoms with Gasteiger partial charge in [-0.15, -0.1) is 0 Å². The number of carbonyl (C=O) groups excluding carboxylic acids is 2. The number of piperidine rings is 1. The fraction of sp³-hybridized carbons (Fsp3) is 0.556. The summed E-state index contributed by atoms with van der Waals surface area (Å²) in [6.45, 7) is 5.64. The molecular weight excluding hydrogens is 370 g/mol. The van der Waals surface area contributed by atoms with Crippen molar-refractivity contribution in [2.24, 2.45) is 11.7 Å². The molecular formula is C18H26BrN3O2. The number of halogens is 1. The molecule has 5 nitrogen and oxygen atoms in total. The number of amides is 2. The Morgan fingerprint density at radius 1 is 1.29 bits per heavy atom. The van der Waals surface area contributed by atoms with Crippen molar-refractivity contribution in [3.05, 3.63) is 34.3 Å². The van der Waals surface area contributed by atoms with Crippen LogP contribution in [0.4, 0.5) is 0 Å². The third kappa shape index (κ3) is 4.36. The van der Waals surface area contributed by atoms with Crippen molar-refractivity contribution in [2.45, 2.75) is 38.6 Å². The van der Waals surface area contributed by atoms with Crippen molar-refractivity contribution in [1.82, 2.24) is 10.2 Å². The van der Waals surface area contributed by atoms with Crippen molar-refractivity contribution in [3.63, 3.8) is 0 Å². The van der Waals surface area contributed by atoms with E-state index in [1.165, 1.54) is 0 Å². The van der Waals surface area contributed by atoms with Gasteiger partial charge in [0.25, 0.3) is 0 Å². The molecule has 3 N–H and O–H groups in total. The Labute approximate surface area is 152 Å². The minimum absolute atomic E-state index is 0.00249.